The molecule has 0 amide bonds. The summed E-state index contributed by atoms with van der Waals surface area (Å²) in [6.07, 6.45) is 9.21. The number of rotatable bonds is 5. The molecule has 4 aliphatic rings. The molecule has 2 aromatic heterocycles. The molecule has 2 N–H and O–H groups in total. The Labute approximate surface area is 257 Å². The van der Waals surface area contributed by atoms with E-state index in [1.165, 1.54) is 30.5 Å². The van der Waals surface area contributed by atoms with Crippen LogP contribution in [0.1, 0.15) is 31.2 Å². The molecule has 4 fully saturated rings. The number of hydrogen-bond acceptors (Lipinski definition) is 8. The highest BCUT2D eigenvalue weighted by Crippen LogP contribution is 2.43. The van der Waals surface area contributed by atoms with Gasteiger partial charge in [0.25, 0.3) is 0 Å². The lowest BCUT2D eigenvalue weighted by Crippen LogP contribution is -2.51. The van der Waals surface area contributed by atoms with Crippen LogP contribution in [0.3, 0.4) is 0 Å². The molecule has 0 spiro atoms. The number of pyridine rings is 1. The molecule has 4 atom stereocenters. The van der Waals surface area contributed by atoms with Crippen LogP contribution in [-0.2, 0) is 0 Å². The Morgan fingerprint density at radius 1 is 1.16 bits per heavy atom. The van der Waals surface area contributed by atoms with Crippen molar-refractivity contribution in [3.8, 4) is 35.4 Å². The molecule has 0 saturated carbocycles. The van der Waals surface area contributed by atoms with Crippen molar-refractivity contribution in [1.29, 1.82) is 0 Å². The van der Waals surface area contributed by atoms with E-state index in [0.29, 0.717) is 55.6 Å². The zero-order valence-corrected chi connectivity index (χ0v) is 24.5. The number of anilines is 1. The van der Waals surface area contributed by atoms with Gasteiger partial charge in [-0.3, -0.25) is 9.88 Å². The van der Waals surface area contributed by atoms with E-state index in [1.54, 1.807) is 0 Å². The normalized spacial score (nSPS) is 26.1. The highest BCUT2D eigenvalue weighted by molar-refractivity contribution is 6.03. The summed E-state index contributed by atoms with van der Waals surface area (Å²) < 4.78 is 52.3. The van der Waals surface area contributed by atoms with Crippen molar-refractivity contribution >= 4 is 27.5 Å². The van der Waals surface area contributed by atoms with Gasteiger partial charge >= 0.3 is 6.01 Å². The third kappa shape index (κ3) is 4.58. The number of aromatic hydroxyl groups is 1. The molecule has 8 nitrogen and oxygen atoms in total. The molecule has 8 rings (SSSR count). The lowest BCUT2D eigenvalue weighted by Gasteiger charge is -2.34. The van der Waals surface area contributed by atoms with Gasteiger partial charge in [0.15, 0.2) is 5.82 Å². The topological polar surface area (TPSA) is 86.6 Å². The summed E-state index contributed by atoms with van der Waals surface area (Å²) >= 11 is 0. The van der Waals surface area contributed by atoms with Gasteiger partial charge in [0.1, 0.15) is 41.4 Å². The quantitative estimate of drug-likeness (QED) is 0.244. The minimum atomic E-state index is -0.966. The Hall–Kier alpha value is -4.40. The molecule has 0 unspecified atom stereocenters. The number of alkyl halides is 1. The number of nitrogens with zero attached hydrogens (tertiary/aromatic N) is 5. The molecule has 11 heteroatoms. The molecule has 4 aromatic rings. The van der Waals surface area contributed by atoms with E-state index in [-0.39, 0.29) is 58.2 Å². The summed E-state index contributed by atoms with van der Waals surface area (Å²) in [5.74, 6) is 1.29. The molecule has 4 saturated heterocycles. The van der Waals surface area contributed by atoms with Gasteiger partial charge in [-0.1, -0.05) is 24.1 Å². The first kappa shape index (κ1) is 28.1. The number of nitrogens with one attached hydrogen (secondary N) is 1. The Kier molecular flexibility index (Phi) is 6.45. The zero-order valence-electron chi connectivity index (χ0n) is 24.5. The number of phenolic OH excluding ortho intramolecular Hbond substituents is 1. The van der Waals surface area contributed by atoms with Crippen LogP contribution >= 0.6 is 0 Å². The standard InChI is InChI=1S/C34H31F3N6O2/c1-3-24-27(36)7-4-19-8-23(44)9-25(28(19)24)30-29(37)31-26(12-38-30)32(42-15-21-5-6-22(16-42)39-21)41-33(40-31)45-17-34-10-18(2)13-43(34)14-20(35)11-34/h1,4,7-9,12,20-22,39,44H,2,5-6,10-11,13-17H2/t20-,21-,22+,34+/m0/s1. The third-order valence-corrected chi connectivity index (χ3v) is 9.77. The summed E-state index contributed by atoms with van der Waals surface area (Å²) in [6.45, 7) is 6.53. The van der Waals surface area contributed by atoms with Gasteiger partial charge in [-0.2, -0.15) is 9.97 Å². The number of halogens is 3. The zero-order chi connectivity index (χ0) is 31.0. The fourth-order valence-electron chi connectivity index (χ4n) is 7.88. The van der Waals surface area contributed by atoms with Crippen LogP contribution in [-0.4, -0.2) is 81.5 Å². The first-order valence-electron chi connectivity index (χ1n) is 15.2. The number of phenols is 1. The van der Waals surface area contributed by atoms with Crippen LogP contribution in [0, 0.1) is 24.0 Å². The van der Waals surface area contributed by atoms with Crippen LogP contribution in [0.15, 0.2) is 42.6 Å². The fraction of sp³-hybridized carbons (Fsp3) is 0.382. The molecule has 230 valence electrons. The van der Waals surface area contributed by atoms with Gasteiger partial charge in [0.2, 0.25) is 0 Å². The van der Waals surface area contributed by atoms with E-state index in [0.717, 1.165) is 18.4 Å². The van der Waals surface area contributed by atoms with Crippen molar-refractivity contribution in [3.05, 3.63) is 59.8 Å². The summed E-state index contributed by atoms with van der Waals surface area (Å²) in [4.78, 5) is 18.0. The Bertz CT molecular complexity index is 1930. The van der Waals surface area contributed by atoms with E-state index in [2.05, 4.69) is 37.6 Å². The molecule has 4 aliphatic heterocycles. The summed E-state index contributed by atoms with van der Waals surface area (Å²) in [5, 5.41) is 15.2. The SMILES string of the molecule is C#Cc1c(F)ccc2cc(O)cc(-c3ncc4c(N5C[C@H]6CC[C@@H](C5)N6)nc(OC[C@]56CC(=C)CN5C[C@@H](F)C6)nc4c3F)c12. The summed E-state index contributed by atoms with van der Waals surface area (Å²) in [5.41, 5.74) is 0.373. The number of hydrogen-bond donors (Lipinski definition) is 2. The molecular formula is C34H31F3N6O2. The van der Waals surface area contributed by atoms with Gasteiger partial charge in [0.05, 0.1) is 16.5 Å². The second-order valence-electron chi connectivity index (χ2n) is 12.8. The Balaban J connectivity index is 1.27. The first-order valence-corrected chi connectivity index (χ1v) is 15.2. The van der Waals surface area contributed by atoms with Crippen LogP contribution in [0.4, 0.5) is 19.0 Å². The minimum absolute atomic E-state index is 0.0234. The Morgan fingerprint density at radius 2 is 1.96 bits per heavy atom. The first-order chi connectivity index (χ1) is 21.7. The van der Waals surface area contributed by atoms with Gasteiger partial charge in [-0.15, -0.1) is 6.42 Å². The maximum absolute atomic E-state index is 16.8. The summed E-state index contributed by atoms with van der Waals surface area (Å²) in [7, 11) is 0. The third-order valence-electron chi connectivity index (χ3n) is 9.77. The van der Waals surface area contributed by atoms with Crippen molar-refractivity contribution in [3.63, 3.8) is 0 Å². The van der Waals surface area contributed by atoms with Crippen LogP contribution in [0.5, 0.6) is 11.8 Å². The van der Waals surface area contributed by atoms with E-state index >= 15 is 4.39 Å². The highest BCUT2D eigenvalue weighted by Gasteiger charge is 2.51. The number of ether oxygens (including phenoxy) is 1. The van der Waals surface area contributed by atoms with Crippen LogP contribution < -0.4 is 15.0 Å². The molecule has 45 heavy (non-hydrogen) atoms. The van der Waals surface area contributed by atoms with E-state index < -0.39 is 23.3 Å². The number of benzene rings is 2. The molecule has 0 aliphatic carbocycles. The molecule has 2 aromatic carbocycles. The molecule has 2 bridgehead atoms. The van der Waals surface area contributed by atoms with Crippen molar-refractivity contribution in [1.82, 2.24) is 25.2 Å². The Morgan fingerprint density at radius 3 is 2.73 bits per heavy atom. The molecular weight excluding hydrogens is 581 g/mol. The monoisotopic (exact) mass is 612 g/mol. The van der Waals surface area contributed by atoms with E-state index in [9.17, 15) is 13.9 Å². The van der Waals surface area contributed by atoms with E-state index in [4.69, 9.17) is 16.1 Å². The number of aromatic nitrogens is 3. The van der Waals surface area contributed by atoms with Crippen molar-refractivity contribution in [2.75, 3.05) is 37.7 Å². The molecule has 6 heterocycles. The largest absolute Gasteiger partial charge is 0.508 e. The smallest absolute Gasteiger partial charge is 0.319 e. The fourth-order valence-corrected chi connectivity index (χ4v) is 7.88. The minimum Gasteiger partial charge on any atom is -0.508 e. The maximum Gasteiger partial charge on any atom is 0.319 e. The lowest BCUT2D eigenvalue weighted by molar-refractivity contribution is 0.107. The second kappa shape index (κ2) is 10.3. The van der Waals surface area contributed by atoms with Gasteiger partial charge in [-0.05, 0) is 42.8 Å². The average molecular weight is 613 g/mol. The summed E-state index contributed by atoms with van der Waals surface area (Å²) in [6, 6.07) is 5.99. The second-order valence-corrected chi connectivity index (χ2v) is 12.8. The van der Waals surface area contributed by atoms with Gasteiger partial charge in [-0.25, -0.2) is 13.2 Å². The lowest BCUT2D eigenvalue weighted by atomic mass is 9.93. The van der Waals surface area contributed by atoms with Gasteiger partial charge < -0.3 is 20.1 Å². The number of piperazine rings is 1. The van der Waals surface area contributed by atoms with Crippen LogP contribution in [0.25, 0.3) is 32.9 Å². The van der Waals surface area contributed by atoms with Crippen molar-refractivity contribution in [2.24, 2.45) is 0 Å². The average Bonchev–Trinajstić information content (AvgIpc) is 3.62. The maximum atomic E-state index is 16.8. The number of terminal acetylenes is 1. The highest BCUT2D eigenvalue weighted by atomic mass is 19.1. The van der Waals surface area contributed by atoms with Crippen molar-refractivity contribution < 1.29 is 23.0 Å². The van der Waals surface area contributed by atoms with Crippen molar-refractivity contribution in [2.45, 2.75) is 49.5 Å². The number of fused-ring (bicyclic) bond motifs is 5. The van der Waals surface area contributed by atoms with E-state index in [1.807, 2.05) is 0 Å². The predicted octanol–water partition coefficient (Wildman–Crippen LogP) is 4.87. The molecule has 0 radical (unpaired) electrons. The van der Waals surface area contributed by atoms with Gasteiger partial charge in [0, 0.05) is 61.8 Å². The van der Waals surface area contributed by atoms with Crippen LogP contribution in [0.2, 0.25) is 0 Å². The predicted molar refractivity (Wildman–Crippen MR) is 165 cm³/mol.